The third-order valence-corrected chi connectivity index (χ3v) is 5.38. The summed E-state index contributed by atoms with van der Waals surface area (Å²) in [5, 5.41) is 2.31. The summed E-state index contributed by atoms with van der Waals surface area (Å²) in [6.45, 7) is 2.29. The predicted octanol–water partition coefficient (Wildman–Crippen LogP) is 6.34. The Balaban J connectivity index is 1.61. The lowest BCUT2D eigenvalue weighted by molar-refractivity contribution is 0.304. The van der Waals surface area contributed by atoms with Gasteiger partial charge in [-0.2, -0.15) is 4.99 Å². The van der Waals surface area contributed by atoms with Crippen LogP contribution in [0.4, 0.5) is 5.82 Å². The monoisotopic (exact) mass is 351 g/mol. The first kappa shape index (κ1) is 17.9. The van der Waals surface area contributed by atoms with Crippen molar-refractivity contribution >= 4 is 23.2 Å². The number of rotatable bonds is 6. The van der Waals surface area contributed by atoms with Crippen LogP contribution in [0.2, 0.25) is 0 Å². The first-order chi connectivity index (χ1) is 12.3. The fraction of sp³-hybridized carbons (Fsp3) is 0.476. The molecule has 3 nitrogen and oxygen atoms in total. The average molecular weight is 352 g/mol. The number of nitrogens with zero attached hydrogens (tertiary/aromatic N) is 3. The second kappa shape index (κ2) is 8.98. The van der Waals surface area contributed by atoms with Gasteiger partial charge < -0.3 is 0 Å². The number of aromatic nitrogens is 2. The highest BCUT2D eigenvalue weighted by atomic mass is 32.1. The highest BCUT2D eigenvalue weighted by Gasteiger charge is 2.21. The molecule has 4 heteroatoms. The Labute approximate surface area is 155 Å². The maximum atomic E-state index is 4.58. The number of hydrogen-bond donors (Lipinski definition) is 0. The molecule has 3 rings (SSSR count). The third-order valence-electron chi connectivity index (χ3n) is 5.29. The topological polar surface area (TPSA) is 38.1 Å². The molecule has 1 fully saturated rings. The fourth-order valence-corrected chi connectivity index (χ4v) is 3.87. The van der Waals surface area contributed by atoms with E-state index in [4.69, 9.17) is 0 Å². The van der Waals surface area contributed by atoms with Crippen molar-refractivity contribution in [2.75, 3.05) is 0 Å². The van der Waals surface area contributed by atoms with E-state index < -0.39 is 0 Å². The summed E-state index contributed by atoms with van der Waals surface area (Å²) < 4.78 is 0. The van der Waals surface area contributed by atoms with E-state index in [0.717, 1.165) is 23.1 Å². The lowest BCUT2D eigenvalue weighted by Gasteiger charge is -2.28. The molecule has 1 aromatic carbocycles. The Kier molecular flexibility index (Phi) is 6.43. The summed E-state index contributed by atoms with van der Waals surface area (Å²) in [5.74, 6) is 2.17. The van der Waals surface area contributed by atoms with E-state index in [9.17, 15) is 0 Å². The zero-order chi connectivity index (χ0) is 17.5. The van der Waals surface area contributed by atoms with Crippen LogP contribution in [0.15, 0.2) is 41.7 Å². The summed E-state index contributed by atoms with van der Waals surface area (Å²) in [6.07, 6.45) is 12.9. The number of isothiocyanates is 1. The minimum absolute atomic E-state index is 0.496. The van der Waals surface area contributed by atoms with E-state index in [0.29, 0.717) is 5.82 Å². The molecule has 0 unspecified atom stereocenters. The van der Waals surface area contributed by atoms with Crippen molar-refractivity contribution in [2.24, 2.45) is 10.9 Å². The molecule has 25 heavy (non-hydrogen) atoms. The molecule has 0 aliphatic heterocycles. The van der Waals surface area contributed by atoms with Crippen molar-refractivity contribution < 1.29 is 0 Å². The van der Waals surface area contributed by atoms with Gasteiger partial charge in [0.15, 0.2) is 5.82 Å². The van der Waals surface area contributed by atoms with Crippen molar-refractivity contribution in [1.82, 2.24) is 9.97 Å². The van der Waals surface area contributed by atoms with Gasteiger partial charge in [0.1, 0.15) is 0 Å². The Hall–Kier alpha value is -1.90. The minimum atomic E-state index is 0.496. The van der Waals surface area contributed by atoms with E-state index in [1.807, 2.05) is 0 Å². The molecule has 1 aliphatic rings. The highest BCUT2D eigenvalue weighted by molar-refractivity contribution is 7.78. The number of benzene rings is 1. The zero-order valence-electron chi connectivity index (χ0n) is 14.8. The van der Waals surface area contributed by atoms with Crippen LogP contribution in [0.3, 0.4) is 0 Å². The number of hydrogen-bond acceptors (Lipinski definition) is 4. The molecular weight excluding hydrogens is 326 g/mol. The van der Waals surface area contributed by atoms with Crippen molar-refractivity contribution in [3.63, 3.8) is 0 Å². The molecule has 130 valence electrons. The van der Waals surface area contributed by atoms with Gasteiger partial charge in [0.2, 0.25) is 0 Å². The zero-order valence-corrected chi connectivity index (χ0v) is 15.6. The molecule has 0 saturated heterocycles. The quantitative estimate of drug-likeness (QED) is 0.450. The maximum Gasteiger partial charge on any atom is 0.181 e. The van der Waals surface area contributed by atoms with Gasteiger partial charge in [0.25, 0.3) is 0 Å². The van der Waals surface area contributed by atoms with Crippen LogP contribution in [-0.4, -0.2) is 15.1 Å². The molecule has 0 N–H and O–H groups in total. The lowest BCUT2D eigenvalue weighted by Crippen LogP contribution is -2.13. The normalized spacial score (nSPS) is 20.0. The van der Waals surface area contributed by atoms with Gasteiger partial charge in [0, 0.05) is 5.56 Å². The molecular formula is C21H25N3S. The smallest absolute Gasteiger partial charge is 0.181 e. The highest BCUT2D eigenvalue weighted by Crippen LogP contribution is 2.38. The van der Waals surface area contributed by atoms with E-state index >= 15 is 0 Å². The summed E-state index contributed by atoms with van der Waals surface area (Å²) >= 11 is 4.58. The molecule has 2 aromatic rings. The van der Waals surface area contributed by atoms with E-state index in [1.165, 1.54) is 50.5 Å². The Bertz CT molecular complexity index is 710. The SMILES string of the molecule is CCCCC1CCC(c2ccc(-c3cnc(N=C=S)cn3)cc2)CC1. The largest absolute Gasteiger partial charge is 0.251 e. The number of thiocarbonyl (C=S) groups is 1. The Morgan fingerprint density at radius 2 is 1.84 bits per heavy atom. The summed E-state index contributed by atoms with van der Waals surface area (Å²) in [4.78, 5) is 12.5. The predicted molar refractivity (Wildman–Crippen MR) is 106 cm³/mol. The lowest BCUT2D eigenvalue weighted by atomic mass is 9.77. The number of unbranched alkanes of at least 4 members (excludes halogenated alkanes) is 1. The second-order valence-electron chi connectivity index (χ2n) is 6.94. The third kappa shape index (κ3) is 4.81. The summed E-state index contributed by atoms with van der Waals surface area (Å²) in [7, 11) is 0. The van der Waals surface area contributed by atoms with Crippen LogP contribution < -0.4 is 0 Å². The molecule has 0 atom stereocenters. The minimum Gasteiger partial charge on any atom is -0.251 e. The van der Waals surface area contributed by atoms with Crippen LogP contribution in [0.25, 0.3) is 11.3 Å². The van der Waals surface area contributed by atoms with Crippen LogP contribution in [0.1, 0.15) is 63.4 Å². The molecule has 0 bridgehead atoms. The van der Waals surface area contributed by atoms with Gasteiger partial charge in [0.05, 0.1) is 23.2 Å². The molecule has 0 amide bonds. The van der Waals surface area contributed by atoms with E-state index in [-0.39, 0.29) is 0 Å². The van der Waals surface area contributed by atoms with Gasteiger partial charge in [-0.25, -0.2) is 4.98 Å². The Morgan fingerprint density at radius 1 is 1.08 bits per heavy atom. The maximum absolute atomic E-state index is 4.58. The fourth-order valence-electron chi connectivity index (χ4n) is 3.78. The van der Waals surface area contributed by atoms with Crippen LogP contribution in [0.5, 0.6) is 0 Å². The van der Waals surface area contributed by atoms with Crippen LogP contribution in [-0.2, 0) is 0 Å². The van der Waals surface area contributed by atoms with Crippen molar-refractivity contribution in [3.8, 4) is 11.3 Å². The first-order valence-electron chi connectivity index (χ1n) is 9.30. The molecule has 1 aliphatic carbocycles. The van der Waals surface area contributed by atoms with Gasteiger partial charge in [-0.3, -0.25) is 4.98 Å². The standard InChI is InChI=1S/C21H25N3S/c1-2-3-4-16-5-7-17(8-6-16)18-9-11-19(12-10-18)20-13-23-21(14-22-20)24-15-25/h9-14,16-17H,2-8H2,1H3. The summed E-state index contributed by atoms with van der Waals surface area (Å²) in [6, 6.07) is 8.84. The number of aliphatic imine (C=N–C) groups is 1. The van der Waals surface area contributed by atoms with E-state index in [2.05, 4.69) is 63.5 Å². The average Bonchev–Trinajstić information content (AvgIpc) is 2.68. The van der Waals surface area contributed by atoms with Gasteiger partial charge in [-0.15, -0.1) is 0 Å². The van der Waals surface area contributed by atoms with Gasteiger partial charge >= 0.3 is 0 Å². The van der Waals surface area contributed by atoms with Crippen LogP contribution in [0, 0.1) is 5.92 Å². The van der Waals surface area contributed by atoms with Crippen LogP contribution >= 0.6 is 12.2 Å². The van der Waals surface area contributed by atoms with Gasteiger partial charge in [-0.05, 0) is 55.3 Å². The van der Waals surface area contributed by atoms with E-state index in [1.54, 1.807) is 12.4 Å². The molecule has 0 spiro atoms. The van der Waals surface area contributed by atoms with Crippen molar-refractivity contribution in [1.29, 1.82) is 0 Å². The van der Waals surface area contributed by atoms with Crippen molar-refractivity contribution in [2.45, 2.75) is 57.8 Å². The summed E-state index contributed by atoms with van der Waals surface area (Å²) in [5.41, 5.74) is 3.41. The first-order valence-corrected chi connectivity index (χ1v) is 9.71. The Morgan fingerprint density at radius 3 is 2.44 bits per heavy atom. The molecule has 0 radical (unpaired) electrons. The molecule has 1 aromatic heterocycles. The van der Waals surface area contributed by atoms with Gasteiger partial charge in [-0.1, -0.05) is 50.5 Å². The molecule has 1 heterocycles. The van der Waals surface area contributed by atoms with Crippen molar-refractivity contribution in [3.05, 3.63) is 42.2 Å². The second-order valence-corrected chi connectivity index (χ2v) is 7.13. The molecule has 1 saturated carbocycles.